The van der Waals surface area contributed by atoms with Gasteiger partial charge in [0.05, 0.1) is 6.04 Å². The zero-order valence-electron chi connectivity index (χ0n) is 23.7. The highest BCUT2D eigenvalue weighted by molar-refractivity contribution is 5.98. The second kappa shape index (κ2) is 12.7. The number of imide groups is 1. The first kappa shape index (κ1) is 28.6. The van der Waals surface area contributed by atoms with Crippen LogP contribution < -0.4 is 5.32 Å². The van der Waals surface area contributed by atoms with Gasteiger partial charge in [-0.2, -0.15) is 0 Å². The first-order chi connectivity index (χ1) is 20.4. The molecule has 0 aliphatic carbocycles. The van der Waals surface area contributed by atoms with Gasteiger partial charge in [-0.1, -0.05) is 135 Å². The number of alkyl carbamates (subject to hydrolysis) is 1. The molecule has 4 aromatic rings. The average Bonchev–Trinajstić information content (AvgIpc) is 3.35. The molecule has 1 aliphatic heterocycles. The molecule has 0 saturated carbocycles. The predicted octanol–water partition coefficient (Wildman–Crippen LogP) is 6.47. The normalized spacial score (nSPS) is 16.5. The summed E-state index contributed by atoms with van der Waals surface area (Å²) in [5, 5.41) is 2.74. The highest BCUT2D eigenvalue weighted by Crippen LogP contribution is 2.47. The van der Waals surface area contributed by atoms with Crippen molar-refractivity contribution in [2.45, 2.75) is 44.6 Å². The maximum atomic E-state index is 14.4. The van der Waals surface area contributed by atoms with E-state index in [1.54, 1.807) is 0 Å². The van der Waals surface area contributed by atoms with E-state index < -0.39 is 35.8 Å². The zero-order chi connectivity index (χ0) is 29.5. The maximum absolute atomic E-state index is 14.4. The summed E-state index contributed by atoms with van der Waals surface area (Å²) < 4.78 is 11.7. The van der Waals surface area contributed by atoms with Gasteiger partial charge in [0.25, 0.3) is 5.91 Å². The number of ether oxygens (including phenoxy) is 2. The van der Waals surface area contributed by atoms with E-state index in [9.17, 15) is 14.4 Å². The monoisotopic (exact) mass is 562 g/mol. The Bertz CT molecular complexity index is 1450. The number of carbonyl (C=O) groups excluding carboxylic acids is 3. The molecule has 1 fully saturated rings. The van der Waals surface area contributed by atoms with Crippen molar-refractivity contribution in [3.05, 3.63) is 144 Å². The Morgan fingerprint density at radius 2 is 1.26 bits per heavy atom. The molecule has 7 heteroatoms. The quantitative estimate of drug-likeness (QED) is 0.253. The number of benzene rings is 4. The van der Waals surface area contributed by atoms with Crippen LogP contribution in [0.25, 0.3) is 0 Å². The Morgan fingerprint density at radius 1 is 0.786 bits per heavy atom. The zero-order valence-corrected chi connectivity index (χ0v) is 23.7. The molecule has 0 aromatic heterocycles. The summed E-state index contributed by atoms with van der Waals surface area (Å²) in [5.41, 5.74) is 1.92. The molecule has 0 radical (unpaired) electrons. The van der Waals surface area contributed by atoms with Crippen LogP contribution >= 0.6 is 0 Å². The topological polar surface area (TPSA) is 84.9 Å². The van der Waals surface area contributed by atoms with Crippen LogP contribution in [0.3, 0.4) is 0 Å². The largest absolute Gasteiger partial charge is 0.445 e. The summed E-state index contributed by atoms with van der Waals surface area (Å²) in [4.78, 5) is 42.3. The van der Waals surface area contributed by atoms with Crippen molar-refractivity contribution < 1.29 is 23.9 Å². The summed E-state index contributed by atoms with van der Waals surface area (Å²) in [7, 11) is 0. The summed E-state index contributed by atoms with van der Waals surface area (Å²) >= 11 is 0. The van der Waals surface area contributed by atoms with Crippen molar-refractivity contribution in [1.29, 1.82) is 0 Å². The molecule has 5 rings (SSSR count). The van der Waals surface area contributed by atoms with Crippen LogP contribution in [0, 0.1) is 5.92 Å². The lowest BCUT2D eigenvalue weighted by Crippen LogP contribution is -2.56. The van der Waals surface area contributed by atoms with E-state index >= 15 is 0 Å². The van der Waals surface area contributed by atoms with E-state index in [0.29, 0.717) is 0 Å². The minimum Gasteiger partial charge on any atom is -0.445 e. The van der Waals surface area contributed by atoms with Gasteiger partial charge in [0.2, 0.25) is 0 Å². The second-order valence-corrected chi connectivity index (χ2v) is 10.7. The van der Waals surface area contributed by atoms with E-state index in [1.807, 2.05) is 135 Å². The van der Waals surface area contributed by atoms with Crippen molar-refractivity contribution in [1.82, 2.24) is 10.2 Å². The van der Waals surface area contributed by atoms with E-state index in [0.717, 1.165) is 22.3 Å². The minimum atomic E-state index is -1.24. The van der Waals surface area contributed by atoms with Gasteiger partial charge in [-0.25, -0.2) is 14.5 Å². The molecule has 7 nitrogen and oxygen atoms in total. The average molecular weight is 563 g/mol. The van der Waals surface area contributed by atoms with Crippen LogP contribution in [0.2, 0.25) is 0 Å². The van der Waals surface area contributed by atoms with Crippen LogP contribution in [-0.2, 0) is 32.9 Å². The first-order valence-corrected chi connectivity index (χ1v) is 14.1. The minimum absolute atomic E-state index is 0.0461. The molecule has 4 aromatic carbocycles. The van der Waals surface area contributed by atoms with Crippen LogP contribution in [-0.4, -0.2) is 35.1 Å². The van der Waals surface area contributed by atoms with Gasteiger partial charge in [-0.15, -0.1) is 0 Å². The second-order valence-electron chi connectivity index (χ2n) is 10.7. The van der Waals surface area contributed by atoms with Gasteiger partial charge in [-0.05, 0) is 17.0 Å². The number of carbonyl (C=O) groups is 3. The van der Waals surface area contributed by atoms with Gasteiger partial charge in [0.1, 0.15) is 12.6 Å². The fraction of sp³-hybridized carbons (Fsp3) is 0.229. The predicted molar refractivity (Wildman–Crippen MR) is 159 cm³/mol. The Balaban J connectivity index is 1.50. The fourth-order valence-corrected chi connectivity index (χ4v) is 5.66. The lowest BCUT2D eigenvalue weighted by Gasteiger charge is -2.38. The van der Waals surface area contributed by atoms with E-state index in [1.165, 1.54) is 4.90 Å². The van der Waals surface area contributed by atoms with Crippen molar-refractivity contribution in [2.75, 3.05) is 0 Å². The van der Waals surface area contributed by atoms with Gasteiger partial charge in [-0.3, -0.25) is 4.79 Å². The smallest absolute Gasteiger partial charge is 0.418 e. The van der Waals surface area contributed by atoms with Crippen molar-refractivity contribution >= 4 is 18.1 Å². The third-order valence-electron chi connectivity index (χ3n) is 7.50. The number of rotatable bonds is 9. The number of amides is 3. The molecular weight excluding hydrogens is 528 g/mol. The van der Waals surface area contributed by atoms with Gasteiger partial charge >= 0.3 is 12.2 Å². The standard InChI is InChI=1S/C35H34N2O5/c1-25(2)31-35(28-19-11-5-12-20-28,29-21-13-6-14-22-29)42-34(40)37(31)32(38)30(23-26-15-7-3-8-16-26)36-33(39)41-24-27-17-9-4-10-18-27/h3-22,25,30-31H,23-24H2,1-2H3,(H,36,39)/t30-,31+/m0/s1. The highest BCUT2D eigenvalue weighted by Gasteiger charge is 2.60. The van der Waals surface area contributed by atoms with E-state index in [4.69, 9.17) is 9.47 Å². The third kappa shape index (κ3) is 5.91. The van der Waals surface area contributed by atoms with Crippen LogP contribution in [0.4, 0.5) is 9.59 Å². The van der Waals surface area contributed by atoms with Crippen molar-refractivity contribution in [3.63, 3.8) is 0 Å². The maximum Gasteiger partial charge on any atom is 0.418 e. The fourth-order valence-electron chi connectivity index (χ4n) is 5.66. The van der Waals surface area contributed by atoms with Crippen molar-refractivity contribution in [3.8, 4) is 0 Å². The summed E-state index contributed by atoms with van der Waals surface area (Å²) in [6.07, 6.45) is -1.35. The molecular formula is C35H34N2O5. The molecule has 1 heterocycles. The number of nitrogens with one attached hydrogen (secondary N) is 1. The van der Waals surface area contributed by atoms with Gasteiger partial charge in [0.15, 0.2) is 5.60 Å². The summed E-state index contributed by atoms with van der Waals surface area (Å²) in [6.45, 7) is 3.97. The van der Waals surface area contributed by atoms with E-state index in [-0.39, 0.29) is 18.9 Å². The Labute approximate surface area is 246 Å². The number of hydrogen-bond acceptors (Lipinski definition) is 5. The molecule has 1 saturated heterocycles. The lowest BCUT2D eigenvalue weighted by molar-refractivity contribution is -0.132. The SMILES string of the molecule is CC(C)[C@H]1N(C(=O)[C@H](Cc2ccccc2)NC(=O)OCc2ccccc2)C(=O)OC1(c1ccccc1)c1ccccc1. The molecule has 0 spiro atoms. The molecule has 0 bridgehead atoms. The lowest BCUT2D eigenvalue weighted by atomic mass is 9.75. The number of nitrogens with zero attached hydrogens (tertiary/aromatic N) is 1. The highest BCUT2D eigenvalue weighted by atomic mass is 16.6. The van der Waals surface area contributed by atoms with Crippen LogP contribution in [0.5, 0.6) is 0 Å². The summed E-state index contributed by atoms with van der Waals surface area (Å²) in [6, 6.07) is 35.8. The van der Waals surface area contributed by atoms with Gasteiger partial charge < -0.3 is 14.8 Å². The molecule has 1 aliphatic rings. The molecule has 42 heavy (non-hydrogen) atoms. The van der Waals surface area contributed by atoms with Crippen molar-refractivity contribution in [2.24, 2.45) is 5.92 Å². The molecule has 214 valence electrons. The molecule has 0 unspecified atom stereocenters. The van der Waals surface area contributed by atoms with Gasteiger partial charge in [0, 0.05) is 17.5 Å². The van der Waals surface area contributed by atoms with E-state index in [2.05, 4.69) is 5.32 Å². The Morgan fingerprint density at radius 3 is 1.76 bits per heavy atom. The third-order valence-corrected chi connectivity index (χ3v) is 7.50. The number of cyclic esters (lactones) is 1. The molecule has 3 amide bonds. The van der Waals surface area contributed by atoms with Crippen LogP contribution in [0.1, 0.15) is 36.1 Å². The van der Waals surface area contributed by atoms with Crippen LogP contribution in [0.15, 0.2) is 121 Å². The first-order valence-electron chi connectivity index (χ1n) is 14.1. The Kier molecular flexibility index (Phi) is 8.67. The Hall–Kier alpha value is -4.91. The molecule has 2 atom stereocenters. The number of hydrogen-bond donors (Lipinski definition) is 1. The summed E-state index contributed by atoms with van der Waals surface area (Å²) in [5.74, 6) is -0.754. The molecule has 1 N–H and O–H groups in total.